The van der Waals surface area contributed by atoms with Gasteiger partial charge in [-0.15, -0.1) is 0 Å². The Bertz CT molecular complexity index is 2650. The smallest absolute Gasteiger partial charge is 0.0798 e. The van der Waals surface area contributed by atoms with Gasteiger partial charge in [0.05, 0.1) is 22.1 Å². The second-order valence-electron chi connectivity index (χ2n) is 12.8. The summed E-state index contributed by atoms with van der Waals surface area (Å²) in [5, 5.41) is 4.92. The van der Waals surface area contributed by atoms with Gasteiger partial charge in [-0.05, 0) is 93.6 Å². The summed E-state index contributed by atoms with van der Waals surface area (Å²) in [4.78, 5) is 3.89. The second-order valence-corrected chi connectivity index (χ2v) is 12.8. The van der Waals surface area contributed by atoms with Crippen LogP contribution in [0, 0.1) is 6.92 Å². The van der Waals surface area contributed by atoms with Crippen molar-refractivity contribution in [2.45, 2.75) is 13.3 Å². The minimum atomic E-state index is 0.811. The van der Waals surface area contributed by atoms with Gasteiger partial charge < -0.3 is 9.55 Å². The first-order chi connectivity index (χ1) is 23.6. The molecule has 2 heterocycles. The van der Waals surface area contributed by atoms with Crippen LogP contribution in [0.1, 0.15) is 16.7 Å². The van der Waals surface area contributed by atoms with Gasteiger partial charge in [0, 0.05) is 21.8 Å². The molecule has 2 heteroatoms. The predicted molar refractivity (Wildman–Crippen MR) is 205 cm³/mol. The second kappa shape index (κ2) is 11.3. The Labute approximate surface area is 280 Å². The van der Waals surface area contributed by atoms with Crippen molar-refractivity contribution < 1.29 is 0 Å². The van der Waals surface area contributed by atoms with Crippen molar-refractivity contribution in [3.8, 4) is 27.9 Å². The molecule has 48 heavy (non-hydrogen) atoms. The molecule has 0 aliphatic heterocycles. The molecule has 0 unspecified atom stereocenters. The number of H-pyrrole nitrogens is 1. The zero-order chi connectivity index (χ0) is 32.2. The molecule has 0 bridgehead atoms. The van der Waals surface area contributed by atoms with E-state index in [0.717, 1.165) is 23.2 Å². The molecule has 0 saturated carbocycles. The SMILES string of the molecule is C=C(Cc1ccccc1)c1ccc(-c2ccc3c(c2)c2[nH]c4c5ccccc5ccc4c2n3-c2ccccc2)cc1-c1ccccc1C. The minimum absolute atomic E-state index is 0.811. The number of aryl methyl sites for hydroxylation is 1. The lowest BCUT2D eigenvalue weighted by Crippen LogP contribution is -1.95. The highest BCUT2D eigenvalue weighted by Gasteiger charge is 2.20. The summed E-state index contributed by atoms with van der Waals surface area (Å²) < 4.78 is 2.41. The molecule has 0 saturated heterocycles. The van der Waals surface area contributed by atoms with E-state index in [4.69, 9.17) is 0 Å². The largest absolute Gasteiger partial charge is 0.352 e. The highest BCUT2D eigenvalue weighted by atomic mass is 15.0. The monoisotopic (exact) mass is 614 g/mol. The van der Waals surface area contributed by atoms with Crippen molar-refractivity contribution >= 4 is 49.2 Å². The van der Waals surface area contributed by atoms with E-state index in [-0.39, 0.29) is 0 Å². The Balaban J connectivity index is 1.26. The molecule has 2 nitrogen and oxygen atoms in total. The van der Waals surface area contributed by atoms with Crippen molar-refractivity contribution in [1.82, 2.24) is 9.55 Å². The first kappa shape index (κ1) is 28.1. The lowest BCUT2D eigenvalue weighted by molar-refractivity contribution is 1.19. The number of aromatic amines is 1. The van der Waals surface area contributed by atoms with Gasteiger partial charge in [0.15, 0.2) is 0 Å². The first-order valence-corrected chi connectivity index (χ1v) is 16.6. The minimum Gasteiger partial charge on any atom is -0.352 e. The van der Waals surface area contributed by atoms with E-state index in [2.05, 4.69) is 181 Å². The summed E-state index contributed by atoms with van der Waals surface area (Å²) in [7, 11) is 0. The molecule has 7 aromatic carbocycles. The summed E-state index contributed by atoms with van der Waals surface area (Å²) in [6.07, 6.45) is 0.811. The van der Waals surface area contributed by atoms with E-state index in [1.165, 1.54) is 77.0 Å². The van der Waals surface area contributed by atoms with Crippen LogP contribution in [0.5, 0.6) is 0 Å². The van der Waals surface area contributed by atoms with Gasteiger partial charge in [-0.2, -0.15) is 0 Å². The number of para-hydroxylation sites is 1. The Morgan fingerprint density at radius 1 is 0.583 bits per heavy atom. The maximum absolute atomic E-state index is 4.58. The maximum atomic E-state index is 4.58. The zero-order valence-corrected chi connectivity index (χ0v) is 26.9. The molecule has 2 aromatic heterocycles. The van der Waals surface area contributed by atoms with Crippen molar-refractivity contribution in [2.75, 3.05) is 0 Å². The third-order valence-corrected chi connectivity index (χ3v) is 9.85. The highest BCUT2D eigenvalue weighted by molar-refractivity contribution is 6.23. The summed E-state index contributed by atoms with van der Waals surface area (Å²) in [5.74, 6) is 0. The Morgan fingerprint density at radius 3 is 2.12 bits per heavy atom. The summed E-state index contributed by atoms with van der Waals surface area (Å²) >= 11 is 0. The molecular formula is C46H34N2. The average Bonchev–Trinajstić information content (AvgIpc) is 3.67. The van der Waals surface area contributed by atoms with E-state index in [1.54, 1.807) is 0 Å². The molecule has 9 rings (SSSR count). The lowest BCUT2D eigenvalue weighted by atomic mass is 9.87. The number of rotatable bonds is 6. The highest BCUT2D eigenvalue weighted by Crippen LogP contribution is 2.41. The third kappa shape index (κ3) is 4.57. The Morgan fingerprint density at radius 2 is 1.29 bits per heavy atom. The van der Waals surface area contributed by atoms with Crippen molar-refractivity contribution in [3.05, 3.63) is 181 Å². The number of aromatic nitrogens is 2. The lowest BCUT2D eigenvalue weighted by Gasteiger charge is -2.17. The van der Waals surface area contributed by atoms with E-state index in [1.807, 2.05) is 0 Å². The molecule has 1 N–H and O–H groups in total. The zero-order valence-electron chi connectivity index (χ0n) is 26.9. The number of benzene rings is 7. The predicted octanol–water partition coefficient (Wildman–Crippen LogP) is 12.3. The summed E-state index contributed by atoms with van der Waals surface area (Å²) in [6.45, 7) is 6.78. The van der Waals surface area contributed by atoms with Crippen LogP contribution >= 0.6 is 0 Å². The van der Waals surface area contributed by atoms with E-state index in [9.17, 15) is 0 Å². The number of hydrogen-bond acceptors (Lipinski definition) is 0. The molecule has 9 aromatic rings. The van der Waals surface area contributed by atoms with E-state index >= 15 is 0 Å². The molecule has 0 radical (unpaired) electrons. The van der Waals surface area contributed by atoms with Gasteiger partial charge in [-0.25, -0.2) is 0 Å². The fourth-order valence-electron chi connectivity index (χ4n) is 7.49. The quantitative estimate of drug-likeness (QED) is 0.192. The van der Waals surface area contributed by atoms with Crippen LogP contribution in [0.25, 0.3) is 77.1 Å². The van der Waals surface area contributed by atoms with E-state index < -0.39 is 0 Å². The van der Waals surface area contributed by atoms with Crippen molar-refractivity contribution in [1.29, 1.82) is 0 Å². The summed E-state index contributed by atoms with van der Waals surface area (Å²) in [5.41, 5.74) is 15.6. The average molecular weight is 615 g/mol. The van der Waals surface area contributed by atoms with E-state index in [0.29, 0.717) is 0 Å². The van der Waals surface area contributed by atoms with Gasteiger partial charge >= 0.3 is 0 Å². The van der Waals surface area contributed by atoms with Crippen LogP contribution in [0.3, 0.4) is 0 Å². The topological polar surface area (TPSA) is 20.7 Å². The first-order valence-electron chi connectivity index (χ1n) is 16.6. The van der Waals surface area contributed by atoms with Crippen LogP contribution in [-0.4, -0.2) is 9.55 Å². The molecule has 0 aliphatic carbocycles. The number of fused-ring (bicyclic) bond motifs is 7. The molecule has 0 spiro atoms. The number of allylic oxidation sites excluding steroid dienone is 1. The van der Waals surface area contributed by atoms with Gasteiger partial charge in [0.1, 0.15) is 0 Å². The van der Waals surface area contributed by atoms with Crippen LogP contribution in [0.2, 0.25) is 0 Å². The fraction of sp³-hybridized carbons (Fsp3) is 0.0435. The van der Waals surface area contributed by atoms with Crippen LogP contribution in [-0.2, 0) is 6.42 Å². The molecule has 228 valence electrons. The van der Waals surface area contributed by atoms with Crippen molar-refractivity contribution in [3.63, 3.8) is 0 Å². The molecular weight excluding hydrogens is 581 g/mol. The molecule has 0 aliphatic rings. The van der Waals surface area contributed by atoms with Gasteiger partial charge in [0.25, 0.3) is 0 Å². The number of nitrogens with one attached hydrogen (secondary N) is 1. The summed E-state index contributed by atoms with van der Waals surface area (Å²) in [6, 6.07) is 57.0. The van der Waals surface area contributed by atoms with Gasteiger partial charge in [-0.3, -0.25) is 0 Å². The fourth-order valence-corrected chi connectivity index (χ4v) is 7.49. The number of hydrogen-bond donors (Lipinski definition) is 1. The van der Waals surface area contributed by atoms with Crippen LogP contribution in [0.15, 0.2) is 164 Å². The normalized spacial score (nSPS) is 11.6. The van der Waals surface area contributed by atoms with Crippen molar-refractivity contribution in [2.24, 2.45) is 0 Å². The van der Waals surface area contributed by atoms with Gasteiger partial charge in [0.2, 0.25) is 0 Å². The Hall–Kier alpha value is -6.12. The molecule has 0 amide bonds. The Kier molecular flexibility index (Phi) is 6.62. The molecule has 0 fully saturated rings. The third-order valence-electron chi connectivity index (χ3n) is 9.85. The molecule has 0 atom stereocenters. The maximum Gasteiger partial charge on any atom is 0.0798 e. The number of nitrogens with zero attached hydrogens (tertiary/aromatic N) is 1. The van der Waals surface area contributed by atoms with Crippen LogP contribution in [0.4, 0.5) is 0 Å². The van der Waals surface area contributed by atoms with Crippen LogP contribution < -0.4 is 0 Å². The van der Waals surface area contributed by atoms with Gasteiger partial charge in [-0.1, -0.05) is 134 Å². The standard InChI is InChI=1S/C46H34N2/c1-30-13-9-11-19-37(30)41-28-34(22-24-38(41)31(2)27-32-14-5-3-6-15-32)35-23-26-43-42(29-35)45-46(48(43)36-17-7-4-8-18-36)40-25-21-33-16-10-12-20-39(33)44(40)47-45/h3-26,28-29,47H,2,27H2,1H3.